The predicted octanol–water partition coefficient (Wildman–Crippen LogP) is 2.02. The zero-order chi connectivity index (χ0) is 22.5. The van der Waals surface area contributed by atoms with Crippen LogP contribution in [0.2, 0.25) is 0 Å². The molecular weight excluding hydrogens is 437 g/mol. The lowest BCUT2D eigenvalue weighted by Gasteiger charge is -2.42. The molecule has 31 heavy (non-hydrogen) atoms. The third kappa shape index (κ3) is 5.22. The van der Waals surface area contributed by atoms with E-state index in [4.69, 9.17) is 10.3 Å². The second-order valence-corrected chi connectivity index (χ2v) is 7.77. The summed E-state index contributed by atoms with van der Waals surface area (Å²) < 4.78 is 45.8. The van der Waals surface area contributed by atoms with E-state index in [1.54, 1.807) is 24.5 Å². The second-order valence-electron chi connectivity index (χ2n) is 6.60. The van der Waals surface area contributed by atoms with Gasteiger partial charge in [0.05, 0.1) is 12.6 Å². The lowest BCUT2D eigenvalue weighted by atomic mass is 9.97. The molecule has 5 atom stereocenters. The quantitative estimate of drug-likeness (QED) is 0.318. The molecule has 0 aliphatic carbocycles. The van der Waals surface area contributed by atoms with E-state index in [2.05, 4.69) is 15.4 Å². The molecule has 166 valence electrons. The van der Waals surface area contributed by atoms with Crippen molar-refractivity contribution in [2.75, 3.05) is 6.61 Å². The zero-order valence-corrected chi connectivity index (χ0v) is 16.6. The Balaban J connectivity index is 1.83. The van der Waals surface area contributed by atoms with E-state index in [9.17, 15) is 28.5 Å². The molecule has 0 spiro atoms. The maximum atomic E-state index is 13.5. The zero-order valence-electron chi connectivity index (χ0n) is 15.8. The Morgan fingerprint density at radius 1 is 1.19 bits per heavy atom. The molecular formula is C19H19F3N4O4S. The molecule has 1 aliphatic rings. The number of ether oxygens (including phenoxy) is 1. The number of rotatable bonds is 7. The predicted molar refractivity (Wildman–Crippen MR) is 104 cm³/mol. The highest BCUT2D eigenvalue weighted by molar-refractivity contribution is 7.99. The minimum Gasteiger partial charge on any atom is -0.394 e. The van der Waals surface area contributed by atoms with E-state index in [-0.39, 0.29) is 11.3 Å². The number of hydrogen-bond donors (Lipinski definition) is 5. The van der Waals surface area contributed by atoms with Crippen molar-refractivity contribution < 1.29 is 33.2 Å². The van der Waals surface area contributed by atoms with E-state index in [0.717, 1.165) is 22.9 Å². The van der Waals surface area contributed by atoms with Gasteiger partial charge in [-0.25, -0.2) is 18.7 Å². The molecule has 5 N–H and O–H groups in total. The molecule has 1 saturated heterocycles. The summed E-state index contributed by atoms with van der Waals surface area (Å²) in [7, 11) is 0. The molecule has 3 unspecified atom stereocenters. The lowest BCUT2D eigenvalue weighted by Crippen LogP contribution is -2.61. The van der Waals surface area contributed by atoms with Gasteiger partial charge in [0.25, 0.3) is 0 Å². The monoisotopic (exact) mass is 456 g/mol. The highest BCUT2D eigenvalue weighted by Crippen LogP contribution is 2.33. The van der Waals surface area contributed by atoms with Gasteiger partial charge in [0, 0.05) is 29.1 Å². The Bertz CT molecular complexity index is 930. The van der Waals surface area contributed by atoms with Crippen molar-refractivity contribution in [3.8, 4) is 0 Å². The molecule has 8 nitrogen and oxygen atoms in total. The molecule has 3 rings (SSSR count). The Morgan fingerprint density at radius 3 is 2.42 bits per heavy atom. The molecule has 1 aromatic carbocycles. The Labute approximate surface area is 179 Å². The lowest BCUT2D eigenvalue weighted by molar-refractivity contribution is -0.164. The van der Waals surface area contributed by atoms with Crippen LogP contribution in [0.4, 0.5) is 13.2 Å². The molecule has 1 aromatic heterocycles. The fraction of sp³-hybridized carbons (Fsp3) is 0.316. The fourth-order valence-corrected chi connectivity index (χ4v) is 4.05. The van der Waals surface area contributed by atoms with E-state index < -0.39 is 53.8 Å². The van der Waals surface area contributed by atoms with Gasteiger partial charge >= 0.3 is 0 Å². The molecule has 0 bridgehead atoms. The van der Waals surface area contributed by atoms with Crippen molar-refractivity contribution in [3.05, 3.63) is 65.9 Å². The fourth-order valence-electron chi connectivity index (χ4n) is 2.99. The van der Waals surface area contributed by atoms with Crippen molar-refractivity contribution in [1.82, 2.24) is 10.3 Å². The number of aliphatic hydroxyl groups excluding tert-OH is 3. The normalized spacial score (nSPS) is 26.5. The molecule has 0 saturated carbocycles. The van der Waals surface area contributed by atoms with Gasteiger partial charge in [-0.05, 0) is 24.3 Å². The average Bonchev–Trinajstić information content (AvgIpc) is 2.77. The van der Waals surface area contributed by atoms with Gasteiger partial charge in [-0.15, -0.1) is 0 Å². The minimum atomic E-state index is -1.65. The Kier molecular flexibility index (Phi) is 7.62. The van der Waals surface area contributed by atoms with Crippen LogP contribution in [0, 0.1) is 23.0 Å². The number of halogens is 3. The van der Waals surface area contributed by atoms with E-state index in [1.165, 1.54) is 0 Å². The number of pyridine rings is 1. The maximum Gasteiger partial charge on any atom is 0.194 e. The van der Waals surface area contributed by atoms with Crippen molar-refractivity contribution in [2.24, 2.45) is 5.11 Å². The maximum absolute atomic E-state index is 13.5. The average molecular weight is 456 g/mol. The van der Waals surface area contributed by atoms with Gasteiger partial charge in [-0.2, -0.15) is 5.11 Å². The minimum absolute atomic E-state index is 0.226. The molecule has 1 aliphatic heterocycles. The van der Waals surface area contributed by atoms with Crippen LogP contribution in [0.5, 0.6) is 0 Å². The first-order chi connectivity index (χ1) is 14.8. The van der Waals surface area contributed by atoms with Crippen molar-refractivity contribution in [3.63, 3.8) is 0 Å². The van der Waals surface area contributed by atoms with Gasteiger partial charge < -0.3 is 25.4 Å². The Hall–Kier alpha value is -2.51. The van der Waals surface area contributed by atoms with E-state index in [1.807, 2.05) is 0 Å². The third-order valence-electron chi connectivity index (χ3n) is 4.60. The van der Waals surface area contributed by atoms with E-state index in [0.29, 0.717) is 12.1 Å². The number of nitrogens with zero attached hydrogens (tertiary/aromatic N) is 2. The van der Waals surface area contributed by atoms with Gasteiger partial charge in [0.1, 0.15) is 29.4 Å². The summed E-state index contributed by atoms with van der Waals surface area (Å²) in [5.41, 5.74) is 5.87. The van der Waals surface area contributed by atoms with Crippen LogP contribution in [0.25, 0.3) is 5.70 Å². The molecule has 0 amide bonds. The second kappa shape index (κ2) is 10.2. The van der Waals surface area contributed by atoms with Crippen LogP contribution in [0.1, 0.15) is 5.56 Å². The van der Waals surface area contributed by atoms with Crippen LogP contribution < -0.4 is 5.32 Å². The van der Waals surface area contributed by atoms with Crippen LogP contribution >= 0.6 is 11.8 Å². The third-order valence-corrected chi connectivity index (χ3v) is 5.77. The van der Waals surface area contributed by atoms with Gasteiger partial charge in [-0.1, -0.05) is 11.8 Å². The summed E-state index contributed by atoms with van der Waals surface area (Å²) in [6, 6.07) is 3.63. The van der Waals surface area contributed by atoms with Gasteiger partial charge in [0.15, 0.2) is 17.5 Å². The number of benzene rings is 1. The number of hydrogen-bond acceptors (Lipinski definition) is 9. The Morgan fingerprint density at radius 2 is 1.84 bits per heavy atom. The van der Waals surface area contributed by atoms with Crippen molar-refractivity contribution in [1.29, 1.82) is 5.53 Å². The highest BCUT2D eigenvalue weighted by Gasteiger charge is 2.44. The van der Waals surface area contributed by atoms with E-state index >= 15 is 0 Å². The largest absolute Gasteiger partial charge is 0.394 e. The summed E-state index contributed by atoms with van der Waals surface area (Å²) in [5.74, 6) is -4.56. The molecule has 1 fully saturated rings. The summed E-state index contributed by atoms with van der Waals surface area (Å²) >= 11 is 1.14. The highest BCUT2D eigenvalue weighted by atomic mass is 32.2. The van der Waals surface area contributed by atoms with Gasteiger partial charge in [0.2, 0.25) is 0 Å². The number of nitrogens with one attached hydrogen (secondary N) is 2. The smallest absolute Gasteiger partial charge is 0.194 e. The first kappa shape index (κ1) is 23.2. The van der Waals surface area contributed by atoms with Crippen molar-refractivity contribution in [2.45, 2.75) is 34.7 Å². The SMILES string of the molecule is N=N/C(=C\NC1C(O)[C@@H](Sc2ccncc2)OC(CO)[C@@H]1O)c1cc(F)c(F)c(F)c1. The molecule has 0 radical (unpaired) electrons. The summed E-state index contributed by atoms with van der Waals surface area (Å²) in [5, 5.41) is 36.6. The molecule has 12 heteroatoms. The van der Waals surface area contributed by atoms with Crippen LogP contribution in [-0.2, 0) is 4.74 Å². The standard InChI is InChI=1S/C19H19F3N4O4S/c20-11-5-9(6-12(21)15(11)22)13(26-23)7-25-16-17(28)14(8-27)30-19(18(16)29)31-10-1-3-24-4-2-10/h1-7,14,16-19,23,25,27-29H,8H2/b13-7-,26-23?/t14?,16?,17-,18?,19+/m0/s1. The van der Waals surface area contributed by atoms with Crippen LogP contribution in [0.15, 0.2) is 52.9 Å². The summed E-state index contributed by atoms with van der Waals surface area (Å²) in [6.07, 6.45) is 0.477. The first-order valence-corrected chi connectivity index (χ1v) is 9.91. The summed E-state index contributed by atoms with van der Waals surface area (Å²) in [4.78, 5) is 4.62. The number of thioether (sulfide) groups is 1. The first-order valence-electron chi connectivity index (χ1n) is 9.03. The topological polar surface area (TPSA) is 131 Å². The van der Waals surface area contributed by atoms with Crippen molar-refractivity contribution >= 4 is 17.5 Å². The molecule has 2 heterocycles. The van der Waals surface area contributed by atoms with Crippen LogP contribution in [-0.4, -0.2) is 56.7 Å². The number of aliphatic hydroxyl groups is 3. The summed E-state index contributed by atoms with van der Waals surface area (Å²) in [6.45, 7) is -0.534. The van der Waals surface area contributed by atoms with Gasteiger partial charge in [-0.3, -0.25) is 4.98 Å². The van der Waals surface area contributed by atoms with Crippen LogP contribution in [0.3, 0.4) is 0 Å². The molecule has 2 aromatic rings. The number of aromatic nitrogens is 1.